The van der Waals surface area contributed by atoms with Crippen LogP contribution >= 0.6 is 15.9 Å². The van der Waals surface area contributed by atoms with Crippen LogP contribution in [0.15, 0.2) is 40.9 Å². The lowest BCUT2D eigenvalue weighted by Gasteiger charge is -2.13. The summed E-state index contributed by atoms with van der Waals surface area (Å²) in [6, 6.07) is 12.2. The minimum absolute atomic E-state index is 0.606. The maximum Gasteiger partial charge on any atom is 0.175 e. The SMILES string of the molecule is CCOc1c(Br)cc(CNCCCc2nc3ccccc3[nH]2)cc1OC. The van der Waals surface area contributed by atoms with E-state index in [1.807, 2.05) is 31.2 Å². The normalized spacial score (nSPS) is 11.0. The molecule has 2 aromatic carbocycles. The van der Waals surface area contributed by atoms with E-state index in [0.29, 0.717) is 6.61 Å². The number of nitrogens with zero attached hydrogens (tertiary/aromatic N) is 1. The zero-order valence-corrected chi connectivity index (χ0v) is 16.7. The van der Waals surface area contributed by atoms with E-state index < -0.39 is 0 Å². The number of benzene rings is 2. The molecule has 3 aromatic rings. The number of hydrogen-bond acceptors (Lipinski definition) is 4. The number of rotatable bonds is 9. The fraction of sp³-hybridized carbons (Fsp3) is 0.350. The zero-order valence-electron chi connectivity index (χ0n) is 15.1. The summed E-state index contributed by atoms with van der Waals surface area (Å²) < 4.78 is 12.0. The molecule has 0 amide bonds. The van der Waals surface area contributed by atoms with Crippen LogP contribution in [-0.4, -0.2) is 30.2 Å². The van der Waals surface area contributed by atoms with E-state index in [1.54, 1.807) is 7.11 Å². The van der Waals surface area contributed by atoms with Crippen molar-refractivity contribution in [1.29, 1.82) is 0 Å². The van der Waals surface area contributed by atoms with Gasteiger partial charge in [0.1, 0.15) is 5.82 Å². The Hall–Kier alpha value is -2.05. The number of ether oxygens (including phenoxy) is 2. The van der Waals surface area contributed by atoms with Gasteiger partial charge in [0.2, 0.25) is 0 Å². The molecule has 0 unspecified atom stereocenters. The molecule has 0 spiro atoms. The van der Waals surface area contributed by atoms with E-state index in [1.165, 1.54) is 0 Å². The minimum Gasteiger partial charge on any atom is -0.493 e. The standard InChI is InChI=1S/C20H24BrN3O2/c1-3-26-20-15(21)11-14(12-18(20)25-2)13-22-10-6-9-19-23-16-7-4-5-8-17(16)24-19/h4-5,7-8,11-12,22H,3,6,9-10,13H2,1-2H3,(H,23,24). The predicted molar refractivity (Wildman–Crippen MR) is 108 cm³/mol. The van der Waals surface area contributed by atoms with E-state index >= 15 is 0 Å². The van der Waals surface area contributed by atoms with Crippen molar-refractivity contribution in [3.8, 4) is 11.5 Å². The van der Waals surface area contributed by atoms with Crippen LogP contribution in [0.1, 0.15) is 24.7 Å². The third-order valence-corrected chi connectivity index (χ3v) is 4.70. The number of nitrogens with one attached hydrogen (secondary N) is 2. The Labute approximate surface area is 162 Å². The second-order valence-electron chi connectivity index (χ2n) is 6.02. The maximum absolute atomic E-state index is 5.63. The first-order chi connectivity index (χ1) is 12.7. The van der Waals surface area contributed by atoms with Crippen LogP contribution in [0.3, 0.4) is 0 Å². The van der Waals surface area contributed by atoms with Gasteiger partial charge in [-0.2, -0.15) is 0 Å². The van der Waals surface area contributed by atoms with Crippen molar-refractivity contribution in [2.45, 2.75) is 26.3 Å². The maximum atomic E-state index is 5.63. The molecule has 6 heteroatoms. The summed E-state index contributed by atoms with van der Waals surface area (Å²) in [4.78, 5) is 7.98. The highest BCUT2D eigenvalue weighted by atomic mass is 79.9. The molecular weight excluding hydrogens is 394 g/mol. The molecule has 5 nitrogen and oxygen atoms in total. The summed E-state index contributed by atoms with van der Waals surface area (Å²) >= 11 is 3.56. The van der Waals surface area contributed by atoms with Gasteiger partial charge in [-0.25, -0.2) is 4.98 Å². The molecule has 0 aliphatic rings. The van der Waals surface area contributed by atoms with Gasteiger partial charge in [0.25, 0.3) is 0 Å². The topological polar surface area (TPSA) is 59.2 Å². The largest absolute Gasteiger partial charge is 0.493 e. The summed E-state index contributed by atoms with van der Waals surface area (Å²) in [5.41, 5.74) is 3.28. The van der Waals surface area contributed by atoms with E-state index in [2.05, 4.69) is 43.3 Å². The summed E-state index contributed by atoms with van der Waals surface area (Å²) in [5, 5.41) is 3.48. The molecule has 0 bridgehead atoms. The Morgan fingerprint density at radius 2 is 2.08 bits per heavy atom. The molecule has 1 aromatic heterocycles. The molecule has 0 aliphatic carbocycles. The smallest absolute Gasteiger partial charge is 0.175 e. The first-order valence-corrected chi connectivity index (χ1v) is 9.64. The zero-order chi connectivity index (χ0) is 18.4. The van der Waals surface area contributed by atoms with Crippen molar-refractivity contribution >= 4 is 27.0 Å². The molecule has 3 rings (SSSR count). The lowest BCUT2D eigenvalue weighted by atomic mass is 10.2. The van der Waals surface area contributed by atoms with Gasteiger partial charge in [-0.15, -0.1) is 0 Å². The Morgan fingerprint density at radius 3 is 2.85 bits per heavy atom. The second kappa shape index (κ2) is 9.05. The molecule has 1 heterocycles. The number of para-hydroxylation sites is 2. The highest BCUT2D eigenvalue weighted by molar-refractivity contribution is 9.10. The third kappa shape index (κ3) is 4.56. The van der Waals surface area contributed by atoms with Gasteiger partial charge >= 0.3 is 0 Å². The number of aromatic amines is 1. The van der Waals surface area contributed by atoms with Gasteiger partial charge in [-0.3, -0.25) is 0 Å². The van der Waals surface area contributed by atoms with Gasteiger partial charge in [0.15, 0.2) is 11.5 Å². The van der Waals surface area contributed by atoms with E-state index in [-0.39, 0.29) is 0 Å². The highest BCUT2D eigenvalue weighted by Gasteiger charge is 2.11. The lowest BCUT2D eigenvalue weighted by molar-refractivity contribution is 0.308. The number of aromatic nitrogens is 2. The summed E-state index contributed by atoms with van der Waals surface area (Å²) in [7, 11) is 1.66. The molecule has 2 N–H and O–H groups in total. The van der Waals surface area contributed by atoms with Crippen LogP contribution in [0.25, 0.3) is 11.0 Å². The van der Waals surface area contributed by atoms with Crippen molar-refractivity contribution < 1.29 is 9.47 Å². The Kier molecular flexibility index (Phi) is 6.52. The van der Waals surface area contributed by atoms with Crippen molar-refractivity contribution in [2.24, 2.45) is 0 Å². The van der Waals surface area contributed by atoms with Gasteiger partial charge < -0.3 is 19.8 Å². The average molecular weight is 418 g/mol. The van der Waals surface area contributed by atoms with E-state index in [4.69, 9.17) is 9.47 Å². The van der Waals surface area contributed by atoms with Crippen LogP contribution < -0.4 is 14.8 Å². The van der Waals surface area contributed by atoms with Crippen LogP contribution in [0.5, 0.6) is 11.5 Å². The number of halogens is 1. The Morgan fingerprint density at radius 1 is 1.23 bits per heavy atom. The molecule has 0 fully saturated rings. The minimum atomic E-state index is 0.606. The van der Waals surface area contributed by atoms with Gasteiger partial charge in [0, 0.05) is 13.0 Å². The van der Waals surface area contributed by atoms with Crippen LogP contribution in [0.4, 0.5) is 0 Å². The number of methoxy groups -OCH3 is 1. The first kappa shape index (κ1) is 18.7. The number of fused-ring (bicyclic) bond motifs is 1. The summed E-state index contributed by atoms with van der Waals surface area (Å²) in [6.07, 6.45) is 1.95. The number of hydrogen-bond donors (Lipinski definition) is 2. The monoisotopic (exact) mass is 417 g/mol. The van der Waals surface area contributed by atoms with Gasteiger partial charge in [0.05, 0.1) is 29.2 Å². The average Bonchev–Trinajstić information content (AvgIpc) is 3.06. The van der Waals surface area contributed by atoms with Gasteiger partial charge in [-0.1, -0.05) is 12.1 Å². The number of H-pyrrole nitrogens is 1. The fourth-order valence-corrected chi connectivity index (χ4v) is 3.50. The lowest BCUT2D eigenvalue weighted by Crippen LogP contribution is -2.15. The van der Waals surface area contributed by atoms with Crippen molar-refractivity contribution in [3.63, 3.8) is 0 Å². The molecule has 0 aliphatic heterocycles. The summed E-state index contributed by atoms with van der Waals surface area (Å²) in [5.74, 6) is 2.54. The molecule has 138 valence electrons. The molecule has 0 atom stereocenters. The number of aryl methyl sites for hydroxylation is 1. The van der Waals surface area contributed by atoms with Crippen LogP contribution in [0, 0.1) is 0 Å². The quantitative estimate of drug-likeness (QED) is 0.504. The molecular formula is C20H24BrN3O2. The molecule has 0 saturated heterocycles. The summed E-state index contributed by atoms with van der Waals surface area (Å²) in [6.45, 7) is 4.27. The second-order valence-corrected chi connectivity index (χ2v) is 6.88. The molecule has 0 radical (unpaired) electrons. The first-order valence-electron chi connectivity index (χ1n) is 8.84. The van der Waals surface area contributed by atoms with Gasteiger partial charge in [-0.05, 0) is 65.6 Å². The fourth-order valence-electron chi connectivity index (χ4n) is 2.90. The van der Waals surface area contributed by atoms with Crippen LogP contribution in [-0.2, 0) is 13.0 Å². The Balaban J connectivity index is 1.49. The van der Waals surface area contributed by atoms with Crippen molar-refractivity contribution in [1.82, 2.24) is 15.3 Å². The van der Waals surface area contributed by atoms with Crippen molar-refractivity contribution in [2.75, 3.05) is 20.3 Å². The molecule has 26 heavy (non-hydrogen) atoms. The predicted octanol–water partition coefficient (Wildman–Crippen LogP) is 4.46. The highest BCUT2D eigenvalue weighted by Crippen LogP contribution is 2.36. The Bertz CT molecular complexity index is 830. The number of imidazole rings is 1. The molecule has 0 saturated carbocycles. The van der Waals surface area contributed by atoms with E-state index in [9.17, 15) is 0 Å². The van der Waals surface area contributed by atoms with Crippen molar-refractivity contribution in [3.05, 3.63) is 52.3 Å². The third-order valence-electron chi connectivity index (χ3n) is 4.11. The van der Waals surface area contributed by atoms with E-state index in [0.717, 1.165) is 64.3 Å². The van der Waals surface area contributed by atoms with Crippen LogP contribution in [0.2, 0.25) is 0 Å².